The summed E-state index contributed by atoms with van der Waals surface area (Å²) in [5.41, 5.74) is 3.41. The molecule has 0 bridgehead atoms. The Morgan fingerprint density at radius 2 is 2.00 bits per heavy atom. The van der Waals surface area contributed by atoms with Crippen molar-refractivity contribution >= 4 is 21.8 Å². The van der Waals surface area contributed by atoms with Crippen molar-refractivity contribution in [3.8, 4) is 0 Å². The van der Waals surface area contributed by atoms with Crippen LogP contribution in [-0.4, -0.2) is 76.9 Å². The van der Waals surface area contributed by atoms with E-state index in [9.17, 15) is 13.2 Å². The standard InChI is InChI=1S/C15H21N5O3S/c1-18-7-9-20(10-8-18)16-14(21)11-19(2)15-12-5-3-4-6-13(12)24(22,23)17-15/h3-6H,7-11H2,1-2H3,(H,16,21)/p+1. The van der Waals surface area contributed by atoms with Gasteiger partial charge in [0.25, 0.3) is 15.9 Å². The van der Waals surface area contributed by atoms with Crippen LogP contribution in [0.3, 0.4) is 0 Å². The molecular formula is C15H22N5O3S+. The van der Waals surface area contributed by atoms with Gasteiger partial charge in [0.15, 0.2) is 5.84 Å². The minimum atomic E-state index is -3.67. The van der Waals surface area contributed by atoms with Crippen molar-refractivity contribution in [1.82, 2.24) is 15.3 Å². The number of rotatable bonds is 3. The van der Waals surface area contributed by atoms with Crippen LogP contribution in [0.5, 0.6) is 0 Å². The second kappa shape index (κ2) is 6.50. The van der Waals surface area contributed by atoms with Gasteiger partial charge in [-0.05, 0) is 12.1 Å². The predicted molar refractivity (Wildman–Crippen MR) is 89.1 cm³/mol. The number of sulfonamides is 1. The molecule has 1 aromatic carbocycles. The molecule has 0 aliphatic carbocycles. The molecule has 2 aliphatic heterocycles. The lowest BCUT2D eigenvalue weighted by Crippen LogP contribution is -3.12. The molecule has 8 nitrogen and oxygen atoms in total. The van der Waals surface area contributed by atoms with Gasteiger partial charge in [0.05, 0.1) is 39.8 Å². The summed E-state index contributed by atoms with van der Waals surface area (Å²) in [6.45, 7) is 3.61. The minimum absolute atomic E-state index is 0.0435. The van der Waals surface area contributed by atoms with E-state index in [1.165, 1.54) is 11.0 Å². The van der Waals surface area contributed by atoms with Crippen molar-refractivity contribution in [1.29, 1.82) is 0 Å². The van der Waals surface area contributed by atoms with Crippen LogP contribution >= 0.6 is 0 Å². The molecule has 24 heavy (non-hydrogen) atoms. The molecule has 2 heterocycles. The maximum Gasteiger partial charge on any atom is 0.285 e. The number of piperazine rings is 1. The number of amidine groups is 1. The molecule has 0 atom stereocenters. The Kier molecular flexibility index (Phi) is 4.57. The zero-order chi connectivity index (χ0) is 17.3. The average Bonchev–Trinajstić information content (AvgIpc) is 2.82. The first-order valence-corrected chi connectivity index (χ1v) is 9.32. The second-order valence-electron chi connectivity index (χ2n) is 6.22. The third-order valence-electron chi connectivity index (χ3n) is 4.25. The summed E-state index contributed by atoms with van der Waals surface area (Å²) in [6, 6.07) is 6.66. The lowest BCUT2D eigenvalue weighted by molar-refractivity contribution is -0.884. The molecule has 3 rings (SSSR count). The number of hydrogen-bond acceptors (Lipinski definition) is 5. The summed E-state index contributed by atoms with van der Waals surface area (Å²) in [6.07, 6.45) is 0. The number of nitrogens with zero attached hydrogens (tertiary/aromatic N) is 3. The van der Waals surface area contributed by atoms with Crippen LogP contribution in [0.15, 0.2) is 33.6 Å². The third kappa shape index (κ3) is 3.42. The molecule has 1 fully saturated rings. The van der Waals surface area contributed by atoms with Gasteiger partial charge in [-0.2, -0.15) is 8.42 Å². The SMILES string of the molecule is CN(CC(=O)NN1CC[NH+](C)CC1)C1=NS(=O)(=O)c2ccccc21. The third-order valence-corrected chi connectivity index (χ3v) is 5.58. The van der Waals surface area contributed by atoms with Crippen LogP contribution in [0.25, 0.3) is 0 Å². The Morgan fingerprint density at radius 3 is 2.71 bits per heavy atom. The molecule has 1 amide bonds. The summed E-state index contributed by atoms with van der Waals surface area (Å²) in [5.74, 6) is 0.130. The van der Waals surface area contributed by atoms with Gasteiger partial charge in [-0.25, -0.2) is 5.01 Å². The van der Waals surface area contributed by atoms with Gasteiger partial charge < -0.3 is 9.80 Å². The molecule has 0 radical (unpaired) electrons. The quantitative estimate of drug-likeness (QED) is 0.653. The molecule has 130 valence electrons. The Labute approximate surface area is 141 Å². The number of amides is 1. The van der Waals surface area contributed by atoms with Gasteiger partial charge in [0.2, 0.25) is 0 Å². The highest BCUT2D eigenvalue weighted by Gasteiger charge is 2.31. The number of nitrogens with one attached hydrogen (secondary N) is 2. The number of quaternary nitrogens is 1. The largest absolute Gasteiger partial charge is 0.349 e. The Balaban J connectivity index is 1.65. The topological polar surface area (TPSA) is 86.5 Å². The predicted octanol–water partition coefficient (Wildman–Crippen LogP) is -2.07. The van der Waals surface area contributed by atoms with Crippen molar-refractivity contribution in [3.63, 3.8) is 0 Å². The lowest BCUT2D eigenvalue weighted by Gasteiger charge is -2.30. The van der Waals surface area contributed by atoms with E-state index in [-0.39, 0.29) is 17.3 Å². The number of hydrazine groups is 1. The molecule has 1 aromatic rings. The zero-order valence-electron chi connectivity index (χ0n) is 13.8. The molecule has 9 heteroatoms. The summed E-state index contributed by atoms with van der Waals surface area (Å²) >= 11 is 0. The van der Waals surface area contributed by atoms with Gasteiger partial charge in [0, 0.05) is 12.6 Å². The normalized spacial score (nSPS) is 20.3. The van der Waals surface area contributed by atoms with E-state index >= 15 is 0 Å². The zero-order valence-corrected chi connectivity index (χ0v) is 14.6. The van der Waals surface area contributed by atoms with Crippen molar-refractivity contribution < 1.29 is 18.1 Å². The summed E-state index contributed by atoms with van der Waals surface area (Å²) in [4.78, 5) is 15.4. The van der Waals surface area contributed by atoms with Gasteiger partial charge in [-0.1, -0.05) is 12.1 Å². The van der Waals surface area contributed by atoms with Gasteiger partial charge in [-0.15, -0.1) is 4.40 Å². The number of likely N-dealkylation sites (N-methyl/N-ethyl adjacent to an activating group) is 2. The van der Waals surface area contributed by atoms with Crippen LogP contribution in [0.1, 0.15) is 5.56 Å². The van der Waals surface area contributed by atoms with E-state index in [0.29, 0.717) is 11.4 Å². The van der Waals surface area contributed by atoms with Gasteiger partial charge >= 0.3 is 0 Å². The van der Waals surface area contributed by atoms with E-state index in [1.54, 1.807) is 30.1 Å². The van der Waals surface area contributed by atoms with E-state index < -0.39 is 10.0 Å². The van der Waals surface area contributed by atoms with E-state index in [4.69, 9.17) is 0 Å². The van der Waals surface area contributed by atoms with E-state index in [2.05, 4.69) is 16.9 Å². The summed E-state index contributed by atoms with van der Waals surface area (Å²) in [5, 5.41) is 1.91. The maximum atomic E-state index is 12.2. The maximum absolute atomic E-state index is 12.2. The van der Waals surface area contributed by atoms with Crippen molar-refractivity contribution in [2.24, 2.45) is 4.40 Å². The number of carbonyl (C=O) groups excluding carboxylic acids is 1. The average molecular weight is 352 g/mol. The molecule has 0 aromatic heterocycles. The molecule has 0 unspecified atom stereocenters. The first kappa shape index (κ1) is 16.9. The molecule has 0 spiro atoms. The van der Waals surface area contributed by atoms with Crippen molar-refractivity contribution in [3.05, 3.63) is 29.8 Å². The van der Waals surface area contributed by atoms with Crippen LogP contribution < -0.4 is 10.3 Å². The molecule has 2 aliphatic rings. The number of benzene rings is 1. The molecule has 1 saturated heterocycles. The van der Waals surface area contributed by atoms with Gasteiger partial charge in [-0.3, -0.25) is 10.2 Å². The van der Waals surface area contributed by atoms with Crippen LogP contribution in [-0.2, 0) is 14.8 Å². The van der Waals surface area contributed by atoms with E-state index in [0.717, 1.165) is 26.2 Å². The highest BCUT2D eigenvalue weighted by molar-refractivity contribution is 7.90. The fraction of sp³-hybridized carbons (Fsp3) is 0.467. The van der Waals surface area contributed by atoms with Crippen LogP contribution in [0.2, 0.25) is 0 Å². The first-order chi connectivity index (χ1) is 11.4. The highest BCUT2D eigenvalue weighted by atomic mass is 32.2. The Hall–Kier alpha value is -1.97. The van der Waals surface area contributed by atoms with Crippen molar-refractivity contribution in [2.75, 3.05) is 46.8 Å². The van der Waals surface area contributed by atoms with Gasteiger partial charge in [0.1, 0.15) is 4.90 Å². The van der Waals surface area contributed by atoms with Crippen LogP contribution in [0.4, 0.5) is 0 Å². The first-order valence-electron chi connectivity index (χ1n) is 7.88. The second-order valence-corrected chi connectivity index (χ2v) is 7.79. The highest BCUT2D eigenvalue weighted by Crippen LogP contribution is 2.26. The molecule has 2 N–H and O–H groups in total. The minimum Gasteiger partial charge on any atom is -0.349 e. The molecular weight excluding hydrogens is 330 g/mol. The number of carbonyl (C=O) groups is 1. The summed E-state index contributed by atoms with van der Waals surface area (Å²) in [7, 11) is 0.131. The van der Waals surface area contributed by atoms with Crippen LogP contribution in [0, 0.1) is 0 Å². The van der Waals surface area contributed by atoms with Crippen molar-refractivity contribution in [2.45, 2.75) is 4.90 Å². The Morgan fingerprint density at radius 1 is 1.33 bits per heavy atom. The Bertz CT molecular complexity index is 769. The number of hydrogen-bond donors (Lipinski definition) is 2. The monoisotopic (exact) mass is 352 g/mol. The van der Waals surface area contributed by atoms with E-state index in [1.807, 2.05) is 5.01 Å². The summed E-state index contributed by atoms with van der Waals surface area (Å²) < 4.78 is 28.0. The smallest absolute Gasteiger partial charge is 0.285 e. The molecule has 0 saturated carbocycles. The fourth-order valence-electron chi connectivity index (χ4n) is 2.87. The lowest BCUT2D eigenvalue weighted by atomic mass is 10.2. The number of fused-ring (bicyclic) bond motifs is 1. The fourth-order valence-corrected chi connectivity index (χ4v) is 4.12.